The summed E-state index contributed by atoms with van der Waals surface area (Å²) in [5.41, 5.74) is 0. The normalized spacial score (nSPS) is 9.79. The van der Waals surface area contributed by atoms with E-state index in [1.165, 1.54) is 6.08 Å². The molecular weight excluding hydrogens is 180 g/mol. The smallest absolute Gasteiger partial charge is 0.143 e. The topological polar surface area (TPSA) is 51.2 Å². The van der Waals surface area contributed by atoms with Gasteiger partial charge >= 0.3 is 0 Å². The molecule has 0 aliphatic heterocycles. The Labute approximate surface area is 84.2 Å². The summed E-state index contributed by atoms with van der Waals surface area (Å²) in [6.07, 6.45) is 4.99. The van der Waals surface area contributed by atoms with Crippen molar-refractivity contribution in [1.29, 1.82) is 0 Å². The zero-order valence-corrected chi connectivity index (χ0v) is 8.20. The molecule has 3 nitrogen and oxygen atoms in total. The maximum Gasteiger partial charge on any atom is 0.143 e. The third kappa shape index (κ3) is 5.41. The van der Waals surface area contributed by atoms with Crippen molar-refractivity contribution in [2.75, 3.05) is 0 Å². The Morgan fingerprint density at radius 3 is 1.93 bits per heavy atom. The highest BCUT2D eigenvalue weighted by molar-refractivity contribution is 5.93. The first-order valence-corrected chi connectivity index (χ1v) is 4.62. The molecule has 0 aromatic heterocycles. The largest absolute Gasteiger partial charge is 0.303 e. The van der Waals surface area contributed by atoms with Gasteiger partial charge in [0.2, 0.25) is 0 Å². The molecule has 1 radical (unpaired) electrons. The number of carbonyl (C=O) groups excluding carboxylic acids is 3. The molecule has 0 unspecified atom stereocenters. The molecule has 0 heterocycles. The van der Waals surface area contributed by atoms with E-state index in [2.05, 4.69) is 6.58 Å². The van der Waals surface area contributed by atoms with Crippen molar-refractivity contribution in [3.8, 4) is 0 Å². The molecule has 3 heteroatoms. The van der Waals surface area contributed by atoms with E-state index in [4.69, 9.17) is 0 Å². The SMILES string of the molecule is C=CCC(=O)[C](CCC=O)CCC=O. The van der Waals surface area contributed by atoms with Crippen LogP contribution in [0.1, 0.15) is 32.1 Å². The fraction of sp³-hybridized carbons (Fsp3) is 0.455. The van der Waals surface area contributed by atoms with Crippen LogP contribution in [0.2, 0.25) is 0 Å². The van der Waals surface area contributed by atoms with Crippen LogP contribution in [0.3, 0.4) is 0 Å². The van der Waals surface area contributed by atoms with Gasteiger partial charge in [0.1, 0.15) is 18.4 Å². The molecule has 0 aromatic rings. The van der Waals surface area contributed by atoms with Gasteiger partial charge in [0.15, 0.2) is 0 Å². The van der Waals surface area contributed by atoms with Crippen LogP contribution in [0.5, 0.6) is 0 Å². The number of ketones is 1. The van der Waals surface area contributed by atoms with Gasteiger partial charge in [-0.15, -0.1) is 6.58 Å². The summed E-state index contributed by atoms with van der Waals surface area (Å²) in [4.78, 5) is 31.7. The Hall–Kier alpha value is -1.25. The van der Waals surface area contributed by atoms with E-state index in [9.17, 15) is 14.4 Å². The van der Waals surface area contributed by atoms with Crippen molar-refractivity contribution in [3.63, 3.8) is 0 Å². The van der Waals surface area contributed by atoms with Crippen LogP contribution in [0.15, 0.2) is 12.7 Å². The molecule has 0 aliphatic carbocycles. The number of rotatable bonds is 9. The van der Waals surface area contributed by atoms with Gasteiger partial charge in [0.25, 0.3) is 0 Å². The third-order valence-electron chi connectivity index (χ3n) is 1.85. The number of hydrogen-bond acceptors (Lipinski definition) is 3. The minimum Gasteiger partial charge on any atom is -0.303 e. The molecule has 0 aromatic carbocycles. The van der Waals surface area contributed by atoms with Gasteiger partial charge in [-0.2, -0.15) is 0 Å². The predicted molar refractivity (Wildman–Crippen MR) is 53.7 cm³/mol. The molecule has 0 amide bonds. The number of carbonyl (C=O) groups is 3. The maximum absolute atomic E-state index is 11.4. The molecule has 14 heavy (non-hydrogen) atoms. The lowest BCUT2D eigenvalue weighted by Crippen LogP contribution is -2.11. The monoisotopic (exact) mass is 195 g/mol. The molecule has 0 saturated carbocycles. The van der Waals surface area contributed by atoms with Gasteiger partial charge in [-0.05, 0) is 12.8 Å². The second-order valence-corrected chi connectivity index (χ2v) is 2.93. The maximum atomic E-state index is 11.4. The standard InChI is InChI=1S/C11H15O3/c1-2-5-11(14)10(6-3-8-12)7-4-9-13/h2,8-9H,1,3-7H2. The van der Waals surface area contributed by atoms with Crippen LogP contribution in [0.4, 0.5) is 0 Å². The van der Waals surface area contributed by atoms with Crippen molar-refractivity contribution in [3.05, 3.63) is 18.6 Å². The Morgan fingerprint density at radius 2 is 1.57 bits per heavy atom. The highest BCUT2D eigenvalue weighted by Crippen LogP contribution is 2.17. The zero-order chi connectivity index (χ0) is 10.8. The minimum absolute atomic E-state index is 0.0105. The highest BCUT2D eigenvalue weighted by Gasteiger charge is 2.16. The molecule has 0 spiro atoms. The van der Waals surface area contributed by atoms with Gasteiger partial charge in [-0.25, -0.2) is 0 Å². The zero-order valence-electron chi connectivity index (χ0n) is 8.20. The van der Waals surface area contributed by atoms with Crippen molar-refractivity contribution < 1.29 is 14.4 Å². The van der Waals surface area contributed by atoms with E-state index < -0.39 is 0 Å². The lowest BCUT2D eigenvalue weighted by atomic mass is 9.92. The van der Waals surface area contributed by atoms with Crippen molar-refractivity contribution in [2.24, 2.45) is 0 Å². The van der Waals surface area contributed by atoms with E-state index in [1.54, 1.807) is 0 Å². The summed E-state index contributed by atoms with van der Waals surface area (Å²) < 4.78 is 0. The first-order valence-electron chi connectivity index (χ1n) is 4.62. The average Bonchev–Trinajstić information content (AvgIpc) is 2.18. The number of hydrogen-bond donors (Lipinski definition) is 0. The van der Waals surface area contributed by atoms with Crippen LogP contribution in [0, 0.1) is 5.92 Å². The predicted octanol–water partition coefficient (Wildman–Crippen LogP) is 1.66. The molecule has 0 fully saturated rings. The number of Topliss-reactive ketones (excluding diaryl/α,β-unsaturated/α-hetero) is 1. The Morgan fingerprint density at radius 1 is 1.07 bits per heavy atom. The van der Waals surface area contributed by atoms with Crippen LogP contribution < -0.4 is 0 Å². The quantitative estimate of drug-likeness (QED) is 0.415. The highest BCUT2D eigenvalue weighted by atomic mass is 16.1. The van der Waals surface area contributed by atoms with Gasteiger partial charge in [-0.1, -0.05) is 6.08 Å². The van der Waals surface area contributed by atoms with Crippen molar-refractivity contribution in [1.82, 2.24) is 0 Å². The van der Waals surface area contributed by atoms with Gasteiger partial charge in [-0.3, -0.25) is 4.79 Å². The Balaban J connectivity index is 4.05. The van der Waals surface area contributed by atoms with Gasteiger partial charge < -0.3 is 9.59 Å². The molecule has 0 saturated heterocycles. The molecule has 0 aliphatic rings. The Bertz CT molecular complexity index is 197. The van der Waals surface area contributed by atoms with Crippen molar-refractivity contribution >= 4 is 18.4 Å². The molecular formula is C11H15O3. The van der Waals surface area contributed by atoms with Crippen LogP contribution in [-0.4, -0.2) is 18.4 Å². The summed E-state index contributed by atoms with van der Waals surface area (Å²) in [5.74, 6) is 0.660. The lowest BCUT2D eigenvalue weighted by molar-refractivity contribution is -0.117. The van der Waals surface area contributed by atoms with Gasteiger partial charge in [0.05, 0.1) is 0 Å². The number of allylic oxidation sites excluding steroid dienone is 1. The van der Waals surface area contributed by atoms with Crippen LogP contribution >= 0.6 is 0 Å². The molecule has 77 valence electrons. The molecule has 0 rings (SSSR count). The van der Waals surface area contributed by atoms with Gasteiger partial charge in [0, 0.05) is 25.2 Å². The third-order valence-corrected chi connectivity index (χ3v) is 1.85. The van der Waals surface area contributed by atoms with E-state index in [-0.39, 0.29) is 12.2 Å². The summed E-state index contributed by atoms with van der Waals surface area (Å²) >= 11 is 0. The summed E-state index contributed by atoms with van der Waals surface area (Å²) in [6.45, 7) is 3.47. The first kappa shape index (κ1) is 12.8. The van der Waals surface area contributed by atoms with E-state index in [0.717, 1.165) is 12.6 Å². The fourth-order valence-electron chi connectivity index (χ4n) is 1.15. The molecule has 0 atom stereocenters. The summed E-state index contributed by atoms with van der Waals surface area (Å²) in [6, 6.07) is 0. The summed E-state index contributed by atoms with van der Waals surface area (Å²) in [7, 11) is 0. The minimum atomic E-state index is -0.0105. The Kier molecular flexibility index (Phi) is 7.61. The van der Waals surface area contributed by atoms with E-state index in [1.807, 2.05) is 0 Å². The lowest BCUT2D eigenvalue weighted by Gasteiger charge is -2.10. The second kappa shape index (κ2) is 8.35. The van der Waals surface area contributed by atoms with Crippen LogP contribution in [0.25, 0.3) is 0 Å². The van der Waals surface area contributed by atoms with Crippen LogP contribution in [-0.2, 0) is 14.4 Å². The molecule has 0 N–H and O–H groups in total. The average molecular weight is 195 g/mol. The van der Waals surface area contributed by atoms with Crippen molar-refractivity contribution in [2.45, 2.75) is 32.1 Å². The van der Waals surface area contributed by atoms with E-state index >= 15 is 0 Å². The summed E-state index contributed by atoms with van der Waals surface area (Å²) in [5, 5.41) is 0. The fourth-order valence-corrected chi connectivity index (χ4v) is 1.15. The number of aldehydes is 2. The van der Waals surface area contributed by atoms with E-state index in [0.29, 0.717) is 31.6 Å². The first-order chi connectivity index (χ1) is 6.76. The second-order valence-electron chi connectivity index (χ2n) is 2.93. The molecule has 0 bridgehead atoms.